The molecule has 0 unspecified atom stereocenters. The molecule has 0 aromatic carbocycles. The van der Waals surface area contributed by atoms with Gasteiger partial charge in [-0.2, -0.15) is 0 Å². The van der Waals surface area contributed by atoms with Gasteiger partial charge in [-0.15, -0.1) is 0 Å². The second-order valence-corrected chi connectivity index (χ2v) is 16.3. The molecule has 38 nitrogen and oxygen atoms in total. The van der Waals surface area contributed by atoms with E-state index in [0.29, 0.717) is 0 Å². The largest absolute Gasteiger partial charge is 0.481 e. The molecule has 0 fully saturated rings. The summed E-state index contributed by atoms with van der Waals surface area (Å²) in [5.41, 5.74) is 37.5. The topological polar surface area (TPSA) is 659 Å². The van der Waals surface area contributed by atoms with Gasteiger partial charge in [0.05, 0.1) is 58.0 Å². The number of carbonyl (C=O) groups excluding carboxylic acids is 10. The van der Waals surface area contributed by atoms with Gasteiger partial charge in [-0.1, -0.05) is 0 Å². The molecule has 28 N–H and O–H groups in total. The molecule has 38 heteroatoms. The summed E-state index contributed by atoms with van der Waals surface area (Å²) in [6, 6.07) is -9.82. The highest BCUT2D eigenvalue weighted by atomic mass is 16.4. The highest BCUT2D eigenvalue weighted by molar-refractivity contribution is 5.98. The fourth-order valence-corrected chi connectivity index (χ4v) is 5.95. The molecular weight excluding hydrogens is 1050 g/mol. The maximum absolute atomic E-state index is 13.6. The van der Waals surface area contributed by atoms with Crippen LogP contribution in [0.5, 0.6) is 0 Å². The Labute approximate surface area is 442 Å². The van der Waals surface area contributed by atoms with Gasteiger partial charge in [0.1, 0.15) is 30.2 Å². The minimum absolute atomic E-state index is 0.00349. The SMILES string of the molecule is NC(N)=NCCC[C@H](NC(=O)[C@H](CCCN=C(N)N)NC(=O)[C@H](CCCN=C(N)N)NC(=O)CNC(=O)CNC(=O)CNC(=O)CNC(=O)CNC(=O)[C@H](CC(=O)O)NC(=O)[C@H](CC(=O)O)NC(=O)[C@@H](N)CC(=O)O)C(=O)O. The molecule has 10 amide bonds. The summed E-state index contributed by atoms with van der Waals surface area (Å²) < 4.78 is 0. The first-order chi connectivity index (χ1) is 36.5. The fraction of sp³-hybridized carbons (Fsp3) is 0.575. The minimum atomic E-state index is -1.96. The monoisotopic (exact) mass is 1120 g/mol. The van der Waals surface area contributed by atoms with Gasteiger partial charge in [0.2, 0.25) is 59.1 Å². The van der Waals surface area contributed by atoms with E-state index in [0.717, 1.165) is 0 Å². The van der Waals surface area contributed by atoms with Crippen LogP contribution in [0.25, 0.3) is 0 Å². The minimum Gasteiger partial charge on any atom is -0.481 e. The summed E-state index contributed by atoms with van der Waals surface area (Å²) in [4.78, 5) is 184. The molecule has 0 aromatic rings. The number of carboxylic acids is 4. The van der Waals surface area contributed by atoms with Crippen LogP contribution in [0.15, 0.2) is 15.0 Å². The highest BCUT2D eigenvalue weighted by Gasteiger charge is 2.32. The van der Waals surface area contributed by atoms with Crippen molar-refractivity contribution in [3.8, 4) is 0 Å². The maximum atomic E-state index is 13.6. The van der Waals surface area contributed by atoms with E-state index in [2.05, 4.69) is 52.2 Å². The zero-order valence-corrected chi connectivity index (χ0v) is 41.9. The normalized spacial score (nSPS) is 12.7. The molecule has 0 rings (SSSR count). The van der Waals surface area contributed by atoms with Crippen molar-refractivity contribution in [2.75, 3.05) is 52.4 Å². The number of nitrogens with two attached hydrogens (primary N) is 7. The molecule has 436 valence electrons. The third kappa shape index (κ3) is 33.2. The second-order valence-electron chi connectivity index (χ2n) is 16.3. The van der Waals surface area contributed by atoms with E-state index in [1.807, 2.05) is 16.0 Å². The van der Waals surface area contributed by atoms with Crippen LogP contribution in [0, 0.1) is 0 Å². The van der Waals surface area contributed by atoms with Crippen LogP contribution >= 0.6 is 0 Å². The Hall–Kier alpha value is -9.65. The van der Waals surface area contributed by atoms with E-state index in [4.69, 9.17) is 50.3 Å². The van der Waals surface area contributed by atoms with Gasteiger partial charge < -0.3 is 114 Å². The van der Waals surface area contributed by atoms with Gasteiger partial charge >= 0.3 is 23.9 Å². The lowest BCUT2D eigenvalue weighted by atomic mass is 10.1. The van der Waals surface area contributed by atoms with E-state index >= 15 is 0 Å². The summed E-state index contributed by atoms with van der Waals surface area (Å²) in [7, 11) is 0. The third-order valence-corrected chi connectivity index (χ3v) is 9.70. The second kappa shape index (κ2) is 37.1. The molecule has 0 aliphatic carbocycles. The number of aliphatic carboxylic acids is 4. The van der Waals surface area contributed by atoms with Crippen molar-refractivity contribution in [1.82, 2.24) is 53.2 Å². The Balaban J connectivity index is 5.39. The lowest BCUT2D eigenvalue weighted by molar-refractivity contribution is -0.143. The summed E-state index contributed by atoms with van der Waals surface area (Å²) in [6.45, 7) is -3.85. The van der Waals surface area contributed by atoms with E-state index in [9.17, 15) is 77.3 Å². The van der Waals surface area contributed by atoms with Crippen LogP contribution in [0.1, 0.15) is 57.8 Å². The zero-order valence-electron chi connectivity index (χ0n) is 41.9. The first-order valence-corrected chi connectivity index (χ1v) is 23.2. The zero-order chi connectivity index (χ0) is 59.5. The van der Waals surface area contributed by atoms with Crippen LogP contribution in [0.2, 0.25) is 0 Å². The van der Waals surface area contributed by atoms with Crippen LogP contribution in [0.4, 0.5) is 0 Å². The molecule has 78 heavy (non-hydrogen) atoms. The van der Waals surface area contributed by atoms with E-state index in [1.54, 1.807) is 0 Å². The summed E-state index contributed by atoms with van der Waals surface area (Å²) in [5, 5.41) is 58.5. The molecule has 0 aliphatic heterocycles. The standard InChI is InChI=1S/C40H68N20O18/c41-18(10-29(66)67)32(72)59-23(12-31(70)71)36(76)60-22(11-30(68)69)33(73)55-16-27(64)53-14-25(62)51-13-24(61)52-15-26(63)54-17-28(65)56-19(4-1-7-48-38(42)43)34(74)57-20(5-2-8-49-39(44)45)35(75)58-21(37(77)78)6-3-9-50-40(46)47/h18-23H,1-17,41H2,(H,51,62)(H,52,61)(H,53,64)(H,54,63)(H,55,73)(H,56,65)(H,57,74)(H,58,75)(H,59,72)(H,60,76)(H,66,67)(H,68,69)(H,70,71)(H,77,78)(H4,42,43,48)(H4,44,45,49)(H4,46,47,50)/t18-,19-,20-,21-,22-,23-/m0/s1. The number of nitrogens with one attached hydrogen (secondary N) is 10. The number of nitrogens with zero attached hydrogens (tertiary/aromatic N) is 3. The van der Waals surface area contributed by atoms with Crippen molar-refractivity contribution in [3.05, 3.63) is 0 Å². The molecule has 0 saturated heterocycles. The van der Waals surface area contributed by atoms with Crippen LogP contribution in [-0.2, 0) is 67.1 Å². The van der Waals surface area contributed by atoms with Gasteiger partial charge in [-0.25, -0.2) is 4.79 Å². The number of hydrogen-bond acceptors (Lipinski definition) is 18. The summed E-state index contributed by atoms with van der Waals surface area (Å²) in [5.74, 6) is -17.5. The number of guanidine groups is 3. The quantitative estimate of drug-likeness (QED) is 0.0154. The van der Waals surface area contributed by atoms with Crippen molar-refractivity contribution in [2.45, 2.75) is 94.0 Å². The Morgan fingerprint density at radius 1 is 0.346 bits per heavy atom. The first kappa shape index (κ1) is 68.4. The molecule has 0 heterocycles. The number of aliphatic imine (C=N–C) groups is 3. The van der Waals surface area contributed by atoms with Crippen molar-refractivity contribution >= 4 is 101 Å². The smallest absolute Gasteiger partial charge is 0.326 e. The molecule has 0 saturated carbocycles. The number of rotatable bonds is 39. The van der Waals surface area contributed by atoms with Crippen molar-refractivity contribution in [3.63, 3.8) is 0 Å². The lowest BCUT2D eigenvalue weighted by Gasteiger charge is -2.24. The molecule has 0 aromatic heterocycles. The number of amides is 10. The molecule has 0 radical (unpaired) electrons. The fourth-order valence-electron chi connectivity index (χ4n) is 5.95. The lowest BCUT2D eigenvalue weighted by Crippen LogP contribution is -2.57. The average molecular weight is 1120 g/mol. The third-order valence-electron chi connectivity index (χ3n) is 9.70. The Kier molecular flexibility index (Phi) is 32.5. The van der Waals surface area contributed by atoms with Crippen molar-refractivity contribution in [1.29, 1.82) is 0 Å². The van der Waals surface area contributed by atoms with E-state index in [1.165, 1.54) is 0 Å². The Bertz CT molecular complexity index is 2250. The van der Waals surface area contributed by atoms with Gasteiger partial charge in [0.15, 0.2) is 17.9 Å². The molecular formula is C40H68N20O18. The predicted octanol–water partition coefficient (Wildman–Crippen LogP) is -12.0. The number of hydrogen-bond donors (Lipinski definition) is 21. The Morgan fingerprint density at radius 3 is 1.01 bits per heavy atom. The van der Waals surface area contributed by atoms with Gasteiger partial charge in [-0.3, -0.25) is 77.3 Å². The molecule has 6 atom stereocenters. The molecule has 0 bridgehead atoms. The van der Waals surface area contributed by atoms with Gasteiger partial charge in [-0.05, 0) is 38.5 Å². The van der Waals surface area contributed by atoms with Gasteiger partial charge in [0.25, 0.3) is 0 Å². The maximum Gasteiger partial charge on any atom is 0.326 e. The van der Waals surface area contributed by atoms with Gasteiger partial charge in [0, 0.05) is 19.6 Å². The van der Waals surface area contributed by atoms with E-state index in [-0.39, 0.29) is 76.0 Å². The summed E-state index contributed by atoms with van der Waals surface area (Å²) in [6.07, 6.45) is -3.05. The highest BCUT2D eigenvalue weighted by Crippen LogP contribution is 2.07. The van der Waals surface area contributed by atoms with Crippen molar-refractivity contribution < 1.29 is 87.5 Å². The van der Waals surface area contributed by atoms with Crippen LogP contribution in [-0.4, -0.2) is 210 Å². The average Bonchev–Trinajstić information content (AvgIpc) is 3.34. The van der Waals surface area contributed by atoms with Crippen molar-refractivity contribution in [2.24, 2.45) is 55.1 Å². The molecule has 0 spiro atoms. The number of carboxylic acid groups (broad SMARTS) is 4. The van der Waals surface area contributed by atoms with E-state index < -0.39 is 171 Å². The van der Waals surface area contributed by atoms with Crippen LogP contribution in [0.3, 0.4) is 0 Å². The summed E-state index contributed by atoms with van der Waals surface area (Å²) >= 11 is 0. The van der Waals surface area contributed by atoms with Crippen LogP contribution < -0.4 is 93.3 Å². The molecule has 0 aliphatic rings. The number of carbonyl (C=O) groups is 14. The predicted molar refractivity (Wildman–Crippen MR) is 267 cm³/mol. The Morgan fingerprint density at radius 2 is 0.641 bits per heavy atom. The first-order valence-electron chi connectivity index (χ1n) is 23.2.